The standard InChI is InChI=1S/C12H11BrCl2N4O/c13-7-5-17-19(6-7)2-1-11(20)18-12-9(15)3-8(14)4-10(12)16/h3-6H,1-2,16H2,(H,18,20). The van der Waals surface area contributed by atoms with Crippen molar-refractivity contribution in [1.82, 2.24) is 9.78 Å². The number of hydrogen-bond donors (Lipinski definition) is 2. The van der Waals surface area contributed by atoms with E-state index >= 15 is 0 Å². The Morgan fingerprint density at radius 3 is 2.80 bits per heavy atom. The summed E-state index contributed by atoms with van der Waals surface area (Å²) in [5.74, 6) is -0.201. The molecule has 0 aliphatic carbocycles. The van der Waals surface area contributed by atoms with Gasteiger partial charge in [-0.2, -0.15) is 5.10 Å². The van der Waals surface area contributed by atoms with Crippen LogP contribution in [0.1, 0.15) is 6.42 Å². The van der Waals surface area contributed by atoms with Crippen molar-refractivity contribution in [3.63, 3.8) is 0 Å². The van der Waals surface area contributed by atoms with E-state index in [0.717, 1.165) is 4.47 Å². The number of amides is 1. The van der Waals surface area contributed by atoms with Gasteiger partial charge in [-0.3, -0.25) is 9.48 Å². The second kappa shape index (κ2) is 6.47. The van der Waals surface area contributed by atoms with Gasteiger partial charge in [0.25, 0.3) is 0 Å². The summed E-state index contributed by atoms with van der Waals surface area (Å²) in [5, 5.41) is 7.47. The number of aromatic nitrogens is 2. The van der Waals surface area contributed by atoms with E-state index in [1.807, 2.05) is 0 Å². The normalized spacial score (nSPS) is 10.6. The van der Waals surface area contributed by atoms with Crippen LogP contribution >= 0.6 is 39.1 Å². The van der Waals surface area contributed by atoms with E-state index in [1.54, 1.807) is 17.1 Å². The molecule has 106 valence electrons. The van der Waals surface area contributed by atoms with Crippen molar-refractivity contribution in [2.24, 2.45) is 0 Å². The number of nitrogens with two attached hydrogens (primary N) is 1. The molecule has 0 aliphatic rings. The van der Waals surface area contributed by atoms with Crippen LogP contribution in [0, 0.1) is 0 Å². The van der Waals surface area contributed by atoms with Gasteiger partial charge in [0.15, 0.2) is 0 Å². The highest BCUT2D eigenvalue weighted by molar-refractivity contribution is 9.10. The lowest BCUT2D eigenvalue weighted by molar-refractivity contribution is -0.116. The van der Waals surface area contributed by atoms with Crippen LogP contribution in [0.15, 0.2) is 29.0 Å². The lowest BCUT2D eigenvalue weighted by Crippen LogP contribution is -2.16. The highest BCUT2D eigenvalue weighted by atomic mass is 79.9. The van der Waals surface area contributed by atoms with Crippen molar-refractivity contribution in [3.8, 4) is 0 Å². The van der Waals surface area contributed by atoms with E-state index in [-0.39, 0.29) is 12.3 Å². The van der Waals surface area contributed by atoms with Crippen molar-refractivity contribution in [3.05, 3.63) is 39.0 Å². The molecule has 1 heterocycles. The van der Waals surface area contributed by atoms with Gasteiger partial charge in [-0.05, 0) is 28.1 Å². The Morgan fingerprint density at radius 2 is 2.20 bits per heavy atom. The molecule has 1 aromatic heterocycles. The second-order valence-electron chi connectivity index (χ2n) is 4.07. The predicted molar refractivity (Wildman–Crippen MR) is 84.0 cm³/mol. The third-order valence-electron chi connectivity index (χ3n) is 2.52. The van der Waals surface area contributed by atoms with E-state index in [4.69, 9.17) is 28.9 Å². The van der Waals surface area contributed by atoms with Gasteiger partial charge >= 0.3 is 0 Å². The average molecular weight is 378 g/mol. The predicted octanol–water partition coefficient (Wildman–Crippen LogP) is 3.56. The molecular weight excluding hydrogens is 367 g/mol. The molecule has 0 unspecified atom stereocenters. The molecule has 8 heteroatoms. The van der Waals surface area contributed by atoms with E-state index in [9.17, 15) is 4.79 Å². The molecule has 1 aromatic carbocycles. The summed E-state index contributed by atoms with van der Waals surface area (Å²) in [7, 11) is 0. The lowest BCUT2D eigenvalue weighted by atomic mass is 10.2. The summed E-state index contributed by atoms with van der Waals surface area (Å²) in [6.07, 6.45) is 3.70. The summed E-state index contributed by atoms with van der Waals surface area (Å²) in [6.45, 7) is 0.461. The Balaban J connectivity index is 1.98. The molecule has 0 saturated heterocycles. The number of nitrogens with one attached hydrogen (secondary N) is 1. The molecule has 20 heavy (non-hydrogen) atoms. The fourth-order valence-electron chi connectivity index (χ4n) is 1.60. The highest BCUT2D eigenvalue weighted by Crippen LogP contribution is 2.32. The molecule has 0 spiro atoms. The van der Waals surface area contributed by atoms with Crippen molar-refractivity contribution < 1.29 is 4.79 Å². The SMILES string of the molecule is Nc1cc(Cl)cc(Cl)c1NC(=O)CCn1cc(Br)cn1. The summed E-state index contributed by atoms with van der Waals surface area (Å²) in [4.78, 5) is 11.9. The number of nitrogens with zero attached hydrogens (tertiary/aromatic N) is 2. The van der Waals surface area contributed by atoms with Gasteiger partial charge in [0, 0.05) is 24.2 Å². The van der Waals surface area contributed by atoms with Crippen LogP contribution in [0.25, 0.3) is 0 Å². The molecule has 0 atom stereocenters. The van der Waals surface area contributed by atoms with Crippen LogP contribution in [-0.4, -0.2) is 15.7 Å². The number of nitrogen functional groups attached to an aromatic ring is 1. The van der Waals surface area contributed by atoms with Gasteiger partial charge in [-0.25, -0.2) is 0 Å². The van der Waals surface area contributed by atoms with Crippen molar-refractivity contribution in [2.45, 2.75) is 13.0 Å². The Kier molecular flexibility index (Phi) is 4.91. The monoisotopic (exact) mass is 376 g/mol. The van der Waals surface area contributed by atoms with E-state index in [1.165, 1.54) is 12.1 Å². The minimum Gasteiger partial charge on any atom is -0.397 e. The quantitative estimate of drug-likeness (QED) is 0.800. The molecule has 0 saturated carbocycles. The third-order valence-corrected chi connectivity index (χ3v) is 3.45. The minimum absolute atomic E-state index is 0.201. The fraction of sp³-hybridized carbons (Fsp3) is 0.167. The Hall–Kier alpha value is -1.24. The number of anilines is 2. The Labute approximate surface area is 134 Å². The smallest absolute Gasteiger partial charge is 0.226 e. The molecule has 0 aliphatic heterocycles. The number of rotatable bonds is 4. The summed E-state index contributed by atoms with van der Waals surface area (Å²) < 4.78 is 2.53. The van der Waals surface area contributed by atoms with Crippen LogP contribution in [0.4, 0.5) is 11.4 Å². The molecule has 2 rings (SSSR count). The van der Waals surface area contributed by atoms with Crippen LogP contribution in [0.5, 0.6) is 0 Å². The molecule has 0 fully saturated rings. The third kappa shape index (κ3) is 3.88. The molecule has 2 aromatic rings. The first-order chi connectivity index (χ1) is 9.45. The number of carbonyl (C=O) groups is 1. The maximum absolute atomic E-state index is 11.9. The van der Waals surface area contributed by atoms with Crippen molar-refractivity contribution in [1.29, 1.82) is 0 Å². The van der Waals surface area contributed by atoms with E-state index < -0.39 is 0 Å². The highest BCUT2D eigenvalue weighted by Gasteiger charge is 2.11. The van der Waals surface area contributed by atoms with Crippen molar-refractivity contribution in [2.75, 3.05) is 11.1 Å². The first kappa shape index (κ1) is 15.2. The first-order valence-electron chi connectivity index (χ1n) is 5.68. The van der Waals surface area contributed by atoms with E-state index in [0.29, 0.717) is 28.0 Å². The molecule has 5 nitrogen and oxygen atoms in total. The molecular formula is C12H11BrCl2N4O. The van der Waals surface area contributed by atoms with Crippen LogP contribution < -0.4 is 11.1 Å². The second-order valence-corrected chi connectivity index (χ2v) is 5.83. The number of hydrogen-bond acceptors (Lipinski definition) is 3. The van der Waals surface area contributed by atoms with Gasteiger partial charge in [0.2, 0.25) is 5.91 Å². The van der Waals surface area contributed by atoms with Gasteiger partial charge in [-0.15, -0.1) is 0 Å². The molecule has 0 radical (unpaired) electrons. The van der Waals surface area contributed by atoms with E-state index in [2.05, 4.69) is 26.3 Å². The zero-order chi connectivity index (χ0) is 14.7. The zero-order valence-electron chi connectivity index (χ0n) is 10.2. The first-order valence-corrected chi connectivity index (χ1v) is 7.23. The Morgan fingerprint density at radius 1 is 1.45 bits per heavy atom. The molecule has 1 amide bonds. The summed E-state index contributed by atoms with van der Waals surface area (Å²) in [5.41, 5.74) is 6.48. The number of carbonyl (C=O) groups excluding carboxylic acids is 1. The number of benzene rings is 1. The van der Waals surface area contributed by atoms with Crippen LogP contribution in [0.3, 0.4) is 0 Å². The summed E-state index contributed by atoms with van der Waals surface area (Å²) >= 11 is 15.1. The number of aryl methyl sites for hydroxylation is 1. The topological polar surface area (TPSA) is 72.9 Å². The van der Waals surface area contributed by atoms with Gasteiger partial charge in [-0.1, -0.05) is 23.2 Å². The molecule has 0 bridgehead atoms. The minimum atomic E-state index is -0.201. The number of halogens is 3. The molecule has 3 N–H and O–H groups in total. The van der Waals surface area contributed by atoms with Crippen molar-refractivity contribution >= 4 is 56.4 Å². The van der Waals surface area contributed by atoms with Gasteiger partial charge in [0.05, 0.1) is 27.1 Å². The maximum atomic E-state index is 11.9. The maximum Gasteiger partial charge on any atom is 0.226 e. The zero-order valence-corrected chi connectivity index (χ0v) is 13.3. The fourth-order valence-corrected chi connectivity index (χ4v) is 2.49. The average Bonchev–Trinajstić information content (AvgIpc) is 2.77. The van der Waals surface area contributed by atoms with Gasteiger partial charge < -0.3 is 11.1 Å². The van der Waals surface area contributed by atoms with Crippen LogP contribution in [0.2, 0.25) is 10.0 Å². The van der Waals surface area contributed by atoms with Gasteiger partial charge in [0.1, 0.15) is 0 Å². The lowest BCUT2D eigenvalue weighted by Gasteiger charge is -2.10. The summed E-state index contributed by atoms with van der Waals surface area (Å²) in [6, 6.07) is 3.06. The van der Waals surface area contributed by atoms with Crippen LogP contribution in [-0.2, 0) is 11.3 Å². The largest absolute Gasteiger partial charge is 0.397 e. The Bertz CT molecular complexity index is 621.